The smallest absolute Gasteiger partial charge is 0.227 e. The number of carbonyl (C=O) groups excluding carboxylic acids is 2. The lowest BCUT2D eigenvalue weighted by atomic mass is 10.1. The average molecular weight is 182 g/mol. The van der Waals surface area contributed by atoms with Gasteiger partial charge in [-0.25, -0.2) is 0 Å². The number of carbonyl (C=O) groups is 2. The minimum Gasteiger partial charge on any atom is -0.333 e. The molecule has 0 saturated carbocycles. The molecule has 4 nitrogen and oxygen atoms in total. The van der Waals surface area contributed by atoms with E-state index in [1.165, 1.54) is 12.4 Å². The van der Waals surface area contributed by atoms with Crippen LogP contribution in [-0.2, 0) is 9.59 Å². The summed E-state index contributed by atoms with van der Waals surface area (Å²) in [6.07, 6.45) is 2.73. The van der Waals surface area contributed by atoms with Crippen molar-refractivity contribution in [1.29, 1.82) is 0 Å². The van der Waals surface area contributed by atoms with Gasteiger partial charge < -0.3 is 10.6 Å². The Labute approximate surface area is 77.7 Å². The summed E-state index contributed by atoms with van der Waals surface area (Å²) >= 11 is 0. The van der Waals surface area contributed by atoms with Crippen molar-refractivity contribution in [3.63, 3.8) is 0 Å². The summed E-state index contributed by atoms with van der Waals surface area (Å²) in [5, 5.41) is 4.80. The molecule has 72 valence electrons. The van der Waals surface area contributed by atoms with Crippen LogP contribution in [-0.4, -0.2) is 11.8 Å². The minimum atomic E-state index is -0.363. The van der Waals surface area contributed by atoms with E-state index in [4.69, 9.17) is 0 Å². The molecule has 0 spiro atoms. The molecule has 1 atom stereocenters. The molecule has 0 aliphatic rings. The molecular weight excluding hydrogens is 168 g/mol. The van der Waals surface area contributed by atoms with Gasteiger partial charge in [-0.1, -0.05) is 20.1 Å². The van der Waals surface area contributed by atoms with Gasteiger partial charge in [-0.15, -0.1) is 0 Å². The van der Waals surface area contributed by atoms with Crippen molar-refractivity contribution in [2.45, 2.75) is 13.3 Å². The van der Waals surface area contributed by atoms with Crippen molar-refractivity contribution in [2.75, 3.05) is 0 Å². The van der Waals surface area contributed by atoms with E-state index in [0.717, 1.165) is 0 Å². The highest BCUT2D eigenvalue weighted by Crippen LogP contribution is 2.01. The Morgan fingerprint density at radius 1 is 1.31 bits per heavy atom. The van der Waals surface area contributed by atoms with Gasteiger partial charge in [-0.05, 0) is 12.4 Å². The molecule has 13 heavy (non-hydrogen) atoms. The van der Waals surface area contributed by atoms with Crippen LogP contribution in [0.4, 0.5) is 0 Å². The van der Waals surface area contributed by atoms with Crippen LogP contribution in [0.1, 0.15) is 13.3 Å². The third-order valence-electron chi connectivity index (χ3n) is 1.45. The topological polar surface area (TPSA) is 58.2 Å². The second-order valence-electron chi connectivity index (χ2n) is 2.59. The fraction of sp³-hybridized carbons (Fsp3) is 0.333. The zero-order chi connectivity index (χ0) is 10.3. The van der Waals surface area contributed by atoms with Gasteiger partial charge in [0, 0.05) is 12.3 Å². The Hall–Kier alpha value is -1.58. The van der Waals surface area contributed by atoms with Crippen molar-refractivity contribution in [3.05, 3.63) is 25.6 Å². The molecule has 0 aliphatic carbocycles. The molecular formula is C9H14N2O2. The van der Waals surface area contributed by atoms with Gasteiger partial charge in [0.25, 0.3) is 0 Å². The normalized spacial score (nSPS) is 11.2. The molecule has 0 bridgehead atoms. The van der Waals surface area contributed by atoms with Crippen LogP contribution in [0.5, 0.6) is 0 Å². The quantitative estimate of drug-likeness (QED) is 0.651. The molecule has 0 aromatic heterocycles. The average Bonchev–Trinajstić information content (AvgIpc) is 2.05. The molecule has 0 radical (unpaired) electrons. The van der Waals surface area contributed by atoms with Crippen molar-refractivity contribution < 1.29 is 9.59 Å². The summed E-state index contributed by atoms with van der Waals surface area (Å²) < 4.78 is 0. The molecule has 0 aromatic rings. The lowest BCUT2D eigenvalue weighted by Crippen LogP contribution is -2.29. The number of rotatable bonds is 5. The van der Waals surface area contributed by atoms with E-state index in [0.29, 0.717) is 0 Å². The number of hydrogen-bond acceptors (Lipinski definition) is 2. The Bertz CT molecular complexity index is 224. The van der Waals surface area contributed by atoms with Crippen molar-refractivity contribution in [2.24, 2.45) is 5.92 Å². The predicted molar refractivity (Wildman–Crippen MR) is 50.5 cm³/mol. The fourth-order valence-electron chi connectivity index (χ4n) is 0.786. The maximum absolute atomic E-state index is 11.1. The molecule has 0 fully saturated rings. The van der Waals surface area contributed by atoms with Crippen LogP contribution in [0.15, 0.2) is 25.6 Å². The molecule has 0 aliphatic heterocycles. The van der Waals surface area contributed by atoms with Gasteiger partial charge in [0.2, 0.25) is 11.8 Å². The highest BCUT2D eigenvalue weighted by molar-refractivity contribution is 5.86. The van der Waals surface area contributed by atoms with Gasteiger partial charge >= 0.3 is 0 Å². The van der Waals surface area contributed by atoms with E-state index in [1.807, 2.05) is 0 Å². The first-order valence-corrected chi connectivity index (χ1v) is 3.93. The lowest BCUT2D eigenvalue weighted by molar-refractivity contribution is -0.128. The van der Waals surface area contributed by atoms with E-state index in [-0.39, 0.29) is 24.2 Å². The first kappa shape index (κ1) is 11.4. The van der Waals surface area contributed by atoms with E-state index in [1.54, 1.807) is 6.92 Å². The summed E-state index contributed by atoms with van der Waals surface area (Å²) in [5.41, 5.74) is 0. The molecule has 4 heteroatoms. The van der Waals surface area contributed by atoms with Crippen LogP contribution >= 0.6 is 0 Å². The molecule has 1 unspecified atom stereocenters. The number of amides is 2. The van der Waals surface area contributed by atoms with Gasteiger partial charge in [0.1, 0.15) is 0 Å². The Kier molecular flexibility index (Phi) is 5.27. The first-order chi connectivity index (χ1) is 6.11. The molecule has 0 heterocycles. The van der Waals surface area contributed by atoms with Crippen LogP contribution in [0, 0.1) is 5.92 Å². The third kappa shape index (κ3) is 4.79. The highest BCUT2D eigenvalue weighted by Gasteiger charge is 2.14. The Morgan fingerprint density at radius 2 is 1.85 bits per heavy atom. The maximum atomic E-state index is 11.1. The van der Waals surface area contributed by atoms with E-state index in [9.17, 15) is 9.59 Å². The zero-order valence-electron chi connectivity index (χ0n) is 7.67. The van der Waals surface area contributed by atoms with Gasteiger partial charge in [0.05, 0.1) is 0 Å². The van der Waals surface area contributed by atoms with Gasteiger partial charge in [0.15, 0.2) is 0 Å². The lowest BCUT2D eigenvalue weighted by Gasteiger charge is -2.08. The first-order valence-electron chi connectivity index (χ1n) is 3.93. The Balaban J connectivity index is 3.90. The van der Waals surface area contributed by atoms with Crippen LogP contribution in [0.3, 0.4) is 0 Å². The zero-order valence-corrected chi connectivity index (χ0v) is 7.67. The third-order valence-corrected chi connectivity index (χ3v) is 1.45. The van der Waals surface area contributed by atoms with Crippen LogP contribution in [0.25, 0.3) is 0 Å². The van der Waals surface area contributed by atoms with E-state index >= 15 is 0 Å². The van der Waals surface area contributed by atoms with E-state index in [2.05, 4.69) is 23.8 Å². The summed E-state index contributed by atoms with van der Waals surface area (Å²) in [6, 6.07) is 0. The Morgan fingerprint density at radius 3 is 2.31 bits per heavy atom. The minimum absolute atomic E-state index is 0.145. The second-order valence-corrected chi connectivity index (χ2v) is 2.59. The summed E-state index contributed by atoms with van der Waals surface area (Å²) in [4.78, 5) is 22.1. The molecule has 0 rings (SSSR count). The molecule has 0 aromatic carbocycles. The van der Waals surface area contributed by atoms with Gasteiger partial charge in [-0.2, -0.15) is 0 Å². The monoisotopic (exact) mass is 182 g/mol. The summed E-state index contributed by atoms with van der Waals surface area (Å²) in [5.74, 6) is -0.797. The van der Waals surface area contributed by atoms with Crippen molar-refractivity contribution >= 4 is 11.8 Å². The number of nitrogens with one attached hydrogen (secondary N) is 2. The molecule has 0 saturated heterocycles. The van der Waals surface area contributed by atoms with Crippen molar-refractivity contribution in [3.8, 4) is 0 Å². The second kappa shape index (κ2) is 5.99. The largest absolute Gasteiger partial charge is 0.333 e. The maximum Gasteiger partial charge on any atom is 0.227 e. The van der Waals surface area contributed by atoms with Crippen LogP contribution in [0.2, 0.25) is 0 Å². The molecule has 2 amide bonds. The highest BCUT2D eigenvalue weighted by atomic mass is 16.2. The predicted octanol–water partition coefficient (Wildman–Crippen LogP) is 0.532. The SMILES string of the molecule is C=CNC(=O)CC(C)C(=O)NC=C. The standard InChI is InChI=1S/C9H14N2O2/c1-4-10-8(12)6-7(3)9(13)11-5-2/h4-5,7H,1-2,6H2,3H3,(H,10,12)(H,11,13). The van der Waals surface area contributed by atoms with Crippen molar-refractivity contribution in [1.82, 2.24) is 10.6 Å². The summed E-state index contributed by atoms with van der Waals surface area (Å²) in [6.45, 7) is 8.36. The van der Waals surface area contributed by atoms with E-state index < -0.39 is 0 Å². The van der Waals surface area contributed by atoms with Crippen LogP contribution < -0.4 is 10.6 Å². The summed E-state index contributed by atoms with van der Waals surface area (Å²) in [7, 11) is 0. The van der Waals surface area contributed by atoms with Gasteiger partial charge in [-0.3, -0.25) is 9.59 Å². The fourth-order valence-corrected chi connectivity index (χ4v) is 0.786. The number of hydrogen-bond donors (Lipinski definition) is 2. The molecule has 2 N–H and O–H groups in total.